The first-order valence-corrected chi connectivity index (χ1v) is 12.1. The van der Waals surface area contributed by atoms with Crippen LogP contribution in [0.25, 0.3) is 0 Å². The zero-order valence-corrected chi connectivity index (χ0v) is 20.2. The number of ether oxygens (including phenoxy) is 1. The number of fused-ring (bicyclic) bond motifs is 1. The minimum absolute atomic E-state index is 0.205. The van der Waals surface area contributed by atoms with E-state index < -0.39 is 23.4 Å². The first kappa shape index (κ1) is 25.4. The molecule has 1 atom stereocenters. The van der Waals surface area contributed by atoms with Gasteiger partial charge in [0.2, 0.25) is 5.91 Å². The summed E-state index contributed by atoms with van der Waals surface area (Å²) in [4.78, 5) is 41.3. The number of carboxylic acids is 1. The number of hydrogen-bond acceptors (Lipinski definition) is 6. The molecule has 2 aliphatic rings. The third-order valence-electron chi connectivity index (χ3n) is 6.78. The molecule has 0 saturated heterocycles. The first-order valence-electron chi connectivity index (χ1n) is 12.1. The Kier molecular flexibility index (Phi) is 7.71. The standard InChI is InChI=1S/C26H31FN4O5/c1-26(24(33)34,31-25(35)36-14-16-4-2-6-20(27)12-16)15-29-23(32)19-10-17(11-19)13-21-8-7-18-5-3-9-28-22(18)30-21/h2,4,6-8,12,17,19H,3,5,9-11,13-15H2,1H3,(H,28,30)(H,29,32)(H,31,35)(H,33,34)/t17-,19-,26-/m1/s1. The second-order valence-corrected chi connectivity index (χ2v) is 9.77. The van der Waals surface area contributed by atoms with E-state index in [1.54, 1.807) is 6.07 Å². The van der Waals surface area contributed by atoms with Crippen LogP contribution in [0.15, 0.2) is 36.4 Å². The van der Waals surface area contributed by atoms with E-state index in [0.29, 0.717) is 24.3 Å². The first-order chi connectivity index (χ1) is 17.2. The van der Waals surface area contributed by atoms with E-state index >= 15 is 0 Å². The number of pyridine rings is 1. The van der Waals surface area contributed by atoms with Crippen molar-refractivity contribution in [3.8, 4) is 0 Å². The van der Waals surface area contributed by atoms with E-state index in [1.807, 2.05) is 0 Å². The maximum Gasteiger partial charge on any atom is 0.408 e. The molecule has 0 bridgehead atoms. The van der Waals surface area contributed by atoms with Gasteiger partial charge in [-0.1, -0.05) is 18.2 Å². The number of hydrogen-bond donors (Lipinski definition) is 4. The van der Waals surface area contributed by atoms with Crippen molar-refractivity contribution in [1.82, 2.24) is 15.6 Å². The molecule has 1 saturated carbocycles. The summed E-state index contributed by atoms with van der Waals surface area (Å²) in [6, 6.07) is 9.72. The lowest BCUT2D eigenvalue weighted by Crippen LogP contribution is -2.59. The van der Waals surface area contributed by atoms with Gasteiger partial charge in [-0.05, 0) is 74.3 Å². The number of amides is 2. The Morgan fingerprint density at radius 2 is 2.06 bits per heavy atom. The lowest BCUT2D eigenvalue weighted by atomic mass is 9.72. The second kappa shape index (κ2) is 10.9. The third kappa shape index (κ3) is 6.30. The van der Waals surface area contributed by atoms with Crippen molar-refractivity contribution in [2.75, 3.05) is 18.4 Å². The van der Waals surface area contributed by atoms with Gasteiger partial charge in [0.1, 0.15) is 18.2 Å². The molecule has 192 valence electrons. The molecule has 1 aliphatic carbocycles. The molecule has 4 N–H and O–H groups in total. The van der Waals surface area contributed by atoms with E-state index in [0.717, 1.165) is 37.3 Å². The predicted octanol–water partition coefficient (Wildman–Crippen LogP) is 3.03. The monoisotopic (exact) mass is 498 g/mol. The van der Waals surface area contributed by atoms with Crippen LogP contribution in [0.4, 0.5) is 15.0 Å². The summed E-state index contributed by atoms with van der Waals surface area (Å²) in [5.74, 6) is -0.927. The van der Waals surface area contributed by atoms with Gasteiger partial charge >= 0.3 is 12.1 Å². The highest BCUT2D eigenvalue weighted by molar-refractivity contribution is 5.86. The number of anilines is 1. The summed E-state index contributed by atoms with van der Waals surface area (Å²) in [7, 11) is 0. The lowest BCUT2D eigenvalue weighted by molar-refractivity contribution is -0.144. The zero-order chi connectivity index (χ0) is 25.7. The minimum atomic E-state index is -1.77. The molecule has 1 aliphatic heterocycles. The van der Waals surface area contributed by atoms with Crippen molar-refractivity contribution in [3.63, 3.8) is 0 Å². The van der Waals surface area contributed by atoms with E-state index in [9.17, 15) is 23.9 Å². The predicted molar refractivity (Wildman–Crippen MR) is 130 cm³/mol. The summed E-state index contributed by atoms with van der Waals surface area (Å²) in [5.41, 5.74) is 0.907. The van der Waals surface area contributed by atoms with Crippen LogP contribution in [0.1, 0.15) is 43.0 Å². The van der Waals surface area contributed by atoms with Crippen LogP contribution >= 0.6 is 0 Å². The Labute approximate surface area is 208 Å². The van der Waals surface area contributed by atoms with Gasteiger partial charge < -0.3 is 25.8 Å². The minimum Gasteiger partial charge on any atom is -0.479 e. The van der Waals surface area contributed by atoms with Crippen molar-refractivity contribution in [3.05, 3.63) is 59.0 Å². The normalized spacial score (nSPS) is 20.1. The van der Waals surface area contributed by atoms with Crippen LogP contribution in [0.5, 0.6) is 0 Å². The maximum absolute atomic E-state index is 13.3. The average molecular weight is 499 g/mol. The van der Waals surface area contributed by atoms with Gasteiger partial charge in [-0.25, -0.2) is 19.0 Å². The molecule has 0 radical (unpaired) electrons. The maximum atomic E-state index is 13.3. The highest BCUT2D eigenvalue weighted by Gasteiger charge is 2.39. The van der Waals surface area contributed by atoms with Crippen LogP contribution in [0.3, 0.4) is 0 Å². The van der Waals surface area contributed by atoms with E-state index in [2.05, 4.69) is 28.1 Å². The number of aryl methyl sites for hydroxylation is 1. The fraction of sp³-hybridized carbons (Fsp3) is 0.462. The molecule has 1 aromatic heterocycles. The largest absolute Gasteiger partial charge is 0.479 e. The fourth-order valence-corrected chi connectivity index (χ4v) is 4.51. The fourth-order valence-electron chi connectivity index (χ4n) is 4.51. The number of carbonyl (C=O) groups excluding carboxylic acids is 2. The SMILES string of the molecule is C[C@](CNC(=O)[C@H]1C[C@H](Cc2ccc3c(n2)NCCC3)C1)(NC(=O)OCc1cccc(F)c1)C(=O)O. The van der Waals surface area contributed by atoms with Crippen LogP contribution in [0, 0.1) is 17.7 Å². The van der Waals surface area contributed by atoms with Crippen molar-refractivity contribution >= 4 is 23.8 Å². The Morgan fingerprint density at radius 3 is 2.81 bits per heavy atom. The number of aliphatic carboxylic acids is 1. The molecule has 1 fully saturated rings. The van der Waals surface area contributed by atoms with Crippen LogP contribution in [-0.2, 0) is 33.8 Å². The highest BCUT2D eigenvalue weighted by Crippen LogP contribution is 2.36. The van der Waals surface area contributed by atoms with E-state index in [-0.39, 0.29) is 25.0 Å². The highest BCUT2D eigenvalue weighted by atomic mass is 19.1. The molecule has 2 aromatic rings. The third-order valence-corrected chi connectivity index (χ3v) is 6.78. The number of nitrogens with zero attached hydrogens (tertiary/aromatic N) is 1. The van der Waals surface area contributed by atoms with Gasteiger partial charge in [-0.2, -0.15) is 0 Å². The smallest absolute Gasteiger partial charge is 0.408 e. The Morgan fingerprint density at radius 1 is 1.25 bits per heavy atom. The molecule has 4 rings (SSSR count). The quantitative estimate of drug-likeness (QED) is 0.418. The van der Waals surface area contributed by atoms with Crippen LogP contribution in [0.2, 0.25) is 0 Å². The van der Waals surface area contributed by atoms with Gasteiger partial charge in [-0.3, -0.25) is 4.79 Å². The molecule has 9 nitrogen and oxygen atoms in total. The molecule has 2 amide bonds. The Bertz CT molecular complexity index is 1140. The van der Waals surface area contributed by atoms with Gasteiger partial charge in [0, 0.05) is 18.2 Å². The topological polar surface area (TPSA) is 130 Å². The number of carboxylic acid groups (broad SMARTS) is 1. The molecule has 2 heterocycles. The summed E-state index contributed by atoms with van der Waals surface area (Å²) in [5, 5.41) is 17.9. The van der Waals surface area contributed by atoms with E-state index in [4.69, 9.17) is 9.72 Å². The number of carbonyl (C=O) groups is 3. The van der Waals surface area contributed by atoms with Gasteiger partial charge in [-0.15, -0.1) is 0 Å². The Balaban J connectivity index is 1.22. The molecule has 1 aromatic carbocycles. The molecule has 36 heavy (non-hydrogen) atoms. The molecule has 0 spiro atoms. The molecular weight excluding hydrogens is 467 g/mol. The molecule has 10 heteroatoms. The van der Waals surface area contributed by atoms with Gasteiger partial charge in [0.25, 0.3) is 0 Å². The van der Waals surface area contributed by atoms with Crippen molar-refractivity contribution in [2.24, 2.45) is 11.8 Å². The van der Waals surface area contributed by atoms with Crippen molar-refractivity contribution < 1.29 is 28.6 Å². The second-order valence-electron chi connectivity index (χ2n) is 9.77. The summed E-state index contributed by atoms with van der Waals surface area (Å²) in [6.07, 6.45) is 3.37. The number of alkyl carbamates (subject to hydrolysis) is 1. The Hall–Kier alpha value is -3.69. The molecular formula is C26H31FN4O5. The zero-order valence-electron chi connectivity index (χ0n) is 20.2. The van der Waals surface area contributed by atoms with Crippen molar-refractivity contribution in [2.45, 2.75) is 51.2 Å². The number of aromatic nitrogens is 1. The lowest BCUT2D eigenvalue weighted by Gasteiger charge is -2.35. The van der Waals surface area contributed by atoms with Gasteiger partial charge in [0.05, 0.1) is 6.54 Å². The number of rotatable bonds is 9. The number of nitrogens with one attached hydrogen (secondary N) is 3. The number of benzene rings is 1. The van der Waals surface area contributed by atoms with Crippen LogP contribution in [-0.4, -0.2) is 46.7 Å². The van der Waals surface area contributed by atoms with Gasteiger partial charge in [0.15, 0.2) is 5.54 Å². The molecule has 0 unspecified atom stereocenters. The summed E-state index contributed by atoms with van der Waals surface area (Å²) < 4.78 is 18.3. The summed E-state index contributed by atoms with van der Waals surface area (Å²) >= 11 is 0. The van der Waals surface area contributed by atoms with E-state index in [1.165, 1.54) is 30.7 Å². The average Bonchev–Trinajstić information content (AvgIpc) is 2.83. The number of halogens is 1. The van der Waals surface area contributed by atoms with Crippen molar-refractivity contribution in [1.29, 1.82) is 0 Å². The van der Waals surface area contributed by atoms with Crippen LogP contribution < -0.4 is 16.0 Å². The summed E-state index contributed by atoms with van der Waals surface area (Å²) in [6.45, 7) is 1.71.